The minimum atomic E-state index is -0.414. The number of piperazine rings is 1. The lowest BCUT2D eigenvalue weighted by atomic mass is 10.0. The maximum Gasteiger partial charge on any atom is 0.306 e. The zero-order valence-corrected chi connectivity index (χ0v) is 12.1. The first-order valence-electron chi connectivity index (χ1n) is 7.03. The van der Waals surface area contributed by atoms with Gasteiger partial charge in [-0.15, -0.1) is 0 Å². The molecule has 1 amide bonds. The molecule has 2 rings (SSSR count). The summed E-state index contributed by atoms with van der Waals surface area (Å²) in [5.41, 5.74) is 0. The highest BCUT2D eigenvalue weighted by Gasteiger charge is 2.29. The fraction of sp³-hybridized carbons (Fsp3) is 0.769. The van der Waals surface area contributed by atoms with Crippen molar-refractivity contribution < 1.29 is 14.3 Å². The molecule has 2 aliphatic heterocycles. The van der Waals surface area contributed by atoms with Gasteiger partial charge in [-0.25, -0.2) is 0 Å². The van der Waals surface area contributed by atoms with E-state index in [0.29, 0.717) is 12.5 Å². The molecule has 0 unspecified atom stereocenters. The Morgan fingerprint density at radius 2 is 2.10 bits per heavy atom. The molecule has 0 aromatic heterocycles. The van der Waals surface area contributed by atoms with E-state index in [9.17, 15) is 9.59 Å². The van der Waals surface area contributed by atoms with Crippen molar-refractivity contribution in [3.8, 4) is 0 Å². The van der Waals surface area contributed by atoms with Crippen LogP contribution in [-0.4, -0.2) is 74.0 Å². The van der Waals surface area contributed by atoms with E-state index in [-0.39, 0.29) is 18.3 Å². The Hall–Kier alpha value is -1.63. The topological polar surface area (TPSA) is 74.2 Å². The smallest absolute Gasteiger partial charge is 0.306 e. The molecule has 2 heterocycles. The molecule has 0 saturated carbocycles. The van der Waals surface area contributed by atoms with Gasteiger partial charge in [0.1, 0.15) is 0 Å². The summed E-state index contributed by atoms with van der Waals surface area (Å²) in [6, 6.07) is 0. The molecule has 0 aliphatic carbocycles. The molecule has 1 saturated heterocycles. The molecule has 2 aliphatic rings. The summed E-state index contributed by atoms with van der Waals surface area (Å²) < 4.78 is 4.59. The van der Waals surface area contributed by atoms with Gasteiger partial charge in [-0.2, -0.15) is 0 Å². The Bertz CT molecular complexity index is 402. The number of likely N-dealkylation sites (N-methyl/N-ethyl adjacent to an activating group) is 1. The van der Waals surface area contributed by atoms with E-state index in [1.165, 1.54) is 7.11 Å². The summed E-state index contributed by atoms with van der Waals surface area (Å²) in [5, 5.41) is 2.81. The second-order valence-electron chi connectivity index (χ2n) is 5.05. The number of nitrogens with one attached hydrogen (secondary N) is 1. The Morgan fingerprint density at radius 1 is 1.40 bits per heavy atom. The van der Waals surface area contributed by atoms with Crippen molar-refractivity contribution in [1.29, 1.82) is 0 Å². The third-order valence-corrected chi connectivity index (χ3v) is 3.83. The van der Waals surface area contributed by atoms with Gasteiger partial charge in [0.25, 0.3) is 0 Å². The zero-order chi connectivity index (χ0) is 14.5. The number of aliphatic imine (C=N–C) groups is 1. The molecular weight excluding hydrogens is 260 g/mol. The molecule has 0 radical (unpaired) electrons. The monoisotopic (exact) mass is 282 g/mol. The molecule has 1 N–H and O–H groups in total. The van der Waals surface area contributed by atoms with E-state index < -0.39 is 5.92 Å². The van der Waals surface area contributed by atoms with Crippen LogP contribution in [0.1, 0.15) is 13.3 Å². The SMILES string of the molecule is CCN1CCN(C2=NC[C@H](CC(=O)OC)C(=O)N2)CC1. The molecule has 0 spiro atoms. The molecule has 7 heteroatoms. The number of hydrogen-bond acceptors (Lipinski definition) is 6. The van der Waals surface area contributed by atoms with Crippen LogP contribution in [0.2, 0.25) is 0 Å². The standard InChI is InChI=1S/C13H22N4O3/c1-3-16-4-6-17(7-5-16)13-14-9-10(12(19)15-13)8-11(18)20-2/h10H,3-9H2,1-2H3,(H,14,15,19)/t10-/m0/s1. The first-order chi connectivity index (χ1) is 9.63. The van der Waals surface area contributed by atoms with Crippen LogP contribution >= 0.6 is 0 Å². The van der Waals surface area contributed by atoms with Crippen LogP contribution in [-0.2, 0) is 14.3 Å². The van der Waals surface area contributed by atoms with Crippen molar-refractivity contribution in [2.75, 3.05) is 46.4 Å². The normalized spacial score (nSPS) is 24.1. The van der Waals surface area contributed by atoms with Gasteiger partial charge < -0.3 is 14.5 Å². The van der Waals surface area contributed by atoms with Crippen LogP contribution in [0.25, 0.3) is 0 Å². The maximum absolute atomic E-state index is 12.0. The number of hydrogen-bond donors (Lipinski definition) is 1. The quantitative estimate of drug-likeness (QED) is 0.692. The lowest BCUT2D eigenvalue weighted by Crippen LogP contribution is -2.56. The number of guanidine groups is 1. The minimum Gasteiger partial charge on any atom is -0.469 e. The summed E-state index contributed by atoms with van der Waals surface area (Å²) in [6.45, 7) is 7.25. The number of amides is 1. The summed E-state index contributed by atoms with van der Waals surface area (Å²) >= 11 is 0. The largest absolute Gasteiger partial charge is 0.469 e. The Morgan fingerprint density at radius 3 is 2.65 bits per heavy atom. The van der Waals surface area contributed by atoms with Crippen molar-refractivity contribution in [3.63, 3.8) is 0 Å². The molecule has 0 aromatic carbocycles. The number of nitrogens with zero attached hydrogens (tertiary/aromatic N) is 3. The summed E-state index contributed by atoms with van der Waals surface area (Å²) in [7, 11) is 1.32. The van der Waals surface area contributed by atoms with Crippen LogP contribution in [0.3, 0.4) is 0 Å². The molecule has 1 atom stereocenters. The minimum absolute atomic E-state index is 0.0860. The molecule has 20 heavy (non-hydrogen) atoms. The second-order valence-corrected chi connectivity index (χ2v) is 5.05. The van der Waals surface area contributed by atoms with Crippen molar-refractivity contribution in [3.05, 3.63) is 0 Å². The maximum atomic E-state index is 12.0. The van der Waals surface area contributed by atoms with Crippen LogP contribution in [0, 0.1) is 5.92 Å². The van der Waals surface area contributed by atoms with Gasteiger partial charge in [0.15, 0.2) is 0 Å². The average molecular weight is 282 g/mol. The van der Waals surface area contributed by atoms with Crippen molar-refractivity contribution in [1.82, 2.24) is 15.1 Å². The highest BCUT2D eigenvalue weighted by Crippen LogP contribution is 2.11. The fourth-order valence-electron chi connectivity index (χ4n) is 2.43. The van der Waals surface area contributed by atoms with E-state index in [1.54, 1.807) is 0 Å². The van der Waals surface area contributed by atoms with Crippen LogP contribution in [0.4, 0.5) is 0 Å². The number of methoxy groups -OCH3 is 1. The predicted octanol–water partition coefficient (Wildman–Crippen LogP) is -0.711. The van der Waals surface area contributed by atoms with Gasteiger partial charge in [0.2, 0.25) is 11.9 Å². The summed E-state index contributed by atoms with van der Waals surface area (Å²) in [5.74, 6) is -0.284. The van der Waals surface area contributed by atoms with Gasteiger partial charge in [-0.1, -0.05) is 6.92 Å². The molecular formula is C13H22N4O3. The number of carbonyl (C=O) groups is 2. The highest BCUT2D eigenvalue weighted by molar-refractivity contribution is 6.00. The molecule has 1 fully saturated rings. The van der Waals surface area contributed by atoms with Crippen LogP contribution in [0.5, 0.6) is 0 Å². The Kier molecular flexibility index (Phi) is 4.94. The first kappa shape index (κ1) is 14.8. The lowest BCUT2D eigenvalue weighted by Gasteiger charge is -2.37. The van der Waals surface area contributed by atoms with E-state index >= 15 is 0 Å². The van der Waals surface area contributed by atoms with Crippen molar-refractivity contribution >= 4 is 17.8 Å². The second kappa shape index (κ2) is 6.69. The molecule has 0 aromatic rings. The fourth-order valence-corrected chi connectivity index (χ4v) is 2.43. The number of ether oxygens (including phenoxy) is 1. The van der Waals surface area contributed by atoms with E-state index in [4.69, 9.17) is 0 Å². The third-order valence-electron chi connectivity index (χ3n) is 3.83. The summed E-state index contributed by atoms with van der Waals surface area (Å²) in [4.78, 5) is 32.1. The predicted molar refractivity (Wildman–Crippen MR) is 74.3 cm³/mol. The Balaban J connectivity index is 1.89. The zero-order valence-electron chi connectivity index (χ0n) is 12.1. The van der Waals surface area contributed by atoms with Gasteiger partial charge in [-0.3, -0.25) is 19.9 Å². The van der Waals surface area contributed by atoms with Gasteiger partial charge in [0.05, 0.1) is 26.0 Å². The van der Waals surface area contributed by atoms with Gasteiger partial charge in [0, 0.05) is 26.2 Å². The van der Waals surface area contributed by atoms with E-state index in [1.807, 2.05) is 0 Å². The van der Waals surface area contributed by atoms with Crippen molar-refractivity contribution in [2.45, 2.75) is 13.3 Å². The summed E-state index contributed by atoms with van der Waals surface area (Å²) in [6.07, 6.45) is 0.0860. The third kappa shape index (κ3) is 3.47. The number of rotatable bonds is 3. The molecule has 0 bridgehead atoms. The van der Waals surface area contributed by atoms with Crippen molar-refractivity contribution in [2.24, 2.45) is 10.9 Å². The highest BCUT2D eigenvalue weighted by atomic mass is 16.5. The van der Waals surface area contributed by atoms with Crippen LogP contribution in [0.15, 0.2) is 4.99 Å². The Labute approximate surface area is 119 Å². The van der Waals surface area contributed by atoms with Crippen LogP contribution < -0.4 is 5.32 Å². The van der Waals surface area contributed by atoms with E-state index in [2.05, 4.69) is 31.8 Å². The number of carbonyl (C=O) groups excluding carboxylic acids is 2. The first-order valence-corrected chi connectivity index (χ1v) is 7.03. The van der Waals surface area contributed by atoms with Gasteiger partial charge in [-0.05, 0) is 6.54 Å². The van der Waals surface area contributed by atoms with Gasteiger partial charge >= 0.3 is 5.97 Å². The molecule has 112 valence electrons. The molecule has 7 nitrogen and oxygen atoms in total. The lowest BCUT2D eigenvalue weighted by molar-refractivity contribution is -0.144. The average Bonchev–Trinajstić information content (AvgIpc) is 2.49. The number of esters is 1. The van der Waals surface area contributed by atoms with E-state index in [0.717, 1.165) is 32.7 Å².